The maximum absolute atomic E-state index is 13.1. The molecule has 0 radical (unpaired) electrons. The molecule has 0 spiro atoms. The number of fused-ring (bicyclic) bond motifs is 1. The van der Waals surface area contributed by atoms with Crippen molar-refractivity contribution in [3.05, 3.63) is 59.6 Å². The number of benzene rings is 1. The number of rotatable bonds is 3. The molecule has 1 unspecified atom stereocenters. The third-order valence-electron chi connectivity index (χ3n) is 4.34. The van der Waals surface area contributed by atoms with Crippen LogP contribution >= 0.6 is 0 Å². The highest BCUT2D eigenvalue weighted by molar-refractivity contribution is 7.90. The van der Waals surface area contributed by atoms with Crippen LogP contribution in [0.4, 0.5) is 4.39 Å². The van der Waals surface area contributed by atoms with Crippen molar-refractivity contribution in [2.45, 2.75) is 13.0 Å². The van der Waals surface area contributed by atoms with Crippen LogP contribution in [-0.2, 0) is 14.8 Å². The summed E-state index contributed by atoms with van der Waals surface area (Å²) in [5.74, 6) is -0.620. The number of allylic oxidation sites excluding steroid dienone is 2. The van der Waals surface area contributed by atoms with Gasteiger partial charge in [0.05, 0.1) is 17.4 Å². The number of hydrogen-bond acceptors (Lipinski definition) is 4. The van der Waals surface area contributed by atoms with Gasteiger partial charge in [-0.1, -0.05) is 12.1 Å². The molecule has 8 heteroatoms. The third-order valence-corrected chi connectivity index (χ3v) is 5.49. The number of sulfonamides is 1. The Morgan fingerprint density at radius 3 is 2.68 bits per heavy atom. The summed E-state index contributed by atoms with van der Waals surface area (Å²) in [4.78, 5) is 16.0. The molecule has 1 atom stereocenters. The maximum atomic E-state index is 13.1. The molecule has 1 aromatic carbocycles. The average Bonchev–Trinajstić information content (AvgIpc) is 2.59. The van der Waals surface area contributed by atoms with Crippen molar-refractivity contribution in [2.75, 3.05) is 19.3 Å². The monoisotopic (exact) mass is 363 g/mol. The number of carbonyl (C=O) groups excluding carboxylic acids is 1. The van der Waals surface area contributed by atoms with Gasteiger partial charge in [-0.2, -0.15) is 0 Å². The highest BCUT2D eigenvalue weighted by Gasteiger charge is 2.32. The lowest BCUT2D eigenvalue weighted by Gasteiger charge is -2.32. The van der Waals surface area contributed by atoms with E-state index in [1.54, 1.807) is 42.4 Å². The van der Waals surface area contributed by atoms with E-state index in [0.717, 1.165) is 5.56 Å². The van der Waals surface area contributed by atoms with Crippen molar-refractivity contribution >= 4 is 21.8 Å². The van der Waals surface area contributed by atoms with E-state index in [0.29, 0.717) is 0 Å². The van der Waals surface area contributed by atoms with E-state index in [2.05, 4.69) is 4.40 Å². The molecular formula is C17H18FN3O3S. The van der Waals surface area contributed by atoms with Crippen molar-refractivity contribution in [3.63, 3.8) is 0 Å². The van der Waals surface area contributed by atoms with Gasteiger partial charge in [0.1, 0.15) is 5.82 Å². The molecule has 0 bridgehead atoms. The first-order valence-electron chi connectivity index (χ1n) is 7.79. The summed E-state index contributed by atoms with van der Waals surface area (Å²) in [7, 11) is -1.94. The summed E-state index contributed by atoms with van der Waals surface area (Å²) in [5, 5.41) is 0. The molecule has 0 fully saturated rings. The Balaban J connectivity index is 1.88. The van der Waals surface area contributed by atoms with E-state index in [9.17, 15) is 17.6 Å². The van der Waals surface area contributed by atoms with E-state index < -0.39 is 10.0 Å². The van der Waals surface area contributed by atoms with Gasteiger partial charge in [0, 0.05) is 19.8 Å². The fourth-order valence-corrected chi connectivity index (χ4v) is 3.70. The van der Waals surface area contributed by atoms with Gasteiger partial charge in [-0.3, -0.25) is 4.79 Å². The van der Waals surface area contributed by atoms with Gasteiger partial charge in [0.2, 0.25) is 0 Å². The zero-order valence-electron chi connectivity index (χ0n) is 13.9. The van der Waals surface area contributed by atoms with Crippen LogP contribution in [-0.4, -0.2) is 49.3 Å². The zero-order valence-corrected chi connectivity index (χ0v) is 14.7. The number of carbonyl (C=O) groups is 1. The van der Waals surface area contributed by atoms with E-state index >= 15 is 0 Å². The van der Waals surface area contributed by atoms with Gasteiger partial charge in [0.25, 0.3) is 15.9 Å². The van der Waals surface area contributed by atoms with Gasteiger partial charge in [-0.05, 0) is 36.8 Å². The second kappa shape index (κ2) is 6.44. The number of likely N-dealkylation sites (N-methyl/N-ethyl adjacent to an activating group) is 1. The maximum Gasteiger partial charge on any atom is 0.257 e. The minimum Gasteiger partial charge on any atom is -0.335 e. The van der Waals surface area contributed by atoms with E-state index in [1.165, 1.54) is 17.0 Å². The van der Waals surface area contributed by atoms with E-state index in [1.807, 2.05) is 6.92 Å². The Morgan fingerprint density at radius 2 is 2.00 bits per heavy atom. The van der Waals surface area contributed by atoms with Crippen LogP contribution in [0.25, 0.3) is 0 Å². The van der Waals surface area contributed by atoms with Gasteiger partial charge >= 0.3 is 0 Å². The van der Waals surface area contributed by atoms with Crippen LogP contribution < -0.4 is 0 Å². The molecule has 0 aromatic heterocycles. The van der Waals surface area contributed by atoms with Crippen LogP contribution in [0.5, 0.6) is 0 Å². The summed E-state index contributed by atoms with van der Waals surface area (Å²) < 4.78 is 40.5. The average molecular weight is 363 g/mol. The predicted octanol–water partition coefficient (Wildman–Crippen LogP) is 1.84. The van der Waals surface area contributed by atoms with Crippen LogP contribution in [0.15, 0.2) is 52.6 Å². The third kappa shape index (κ3) is 3.48. The summed E-state index contributed by atoms with van der Waals surface area (Å²) in [6, 6.07) is 5.61. The first-order chi connectivity index (χ1) is 11.8. The lowest BCUT2D eigenvalue weighted by molar-refractivity contribution is -0.127. The standard InChI is InChI=1S/C17H18FN3O3S/c1-12(13-5-7-14(18)8-6-13)20(2)17(22)15-4-3-9-21-10-11-25(23,24)19-16(15)21/h3-9,12H,10-11H2,1-2H3. The Bertz CT molecular complexity index is 888. The zero-order chi connectivity index (χ0) is 18.2. The van der Waals surface area contributed by atoms with Gasteiger partial charge < -0.3 is 9.80 Å². The summed E-state index contributed by atoms with van der Waals surface area (Å²) in [5.41, 5.74) is 1.00. The second-order valence-corrected chi connectivity index (χ2v) is 7.71. The summed E-state index contributed by atoms with van der Waals surface area (Å²) in [6.45, 7) is 2.08. The van der Waals surface area contributed by atoms with Crippen molar-refractivity contribution < 1.29 is 17.6 Å². The lowest BCUT2D eigenvalue weighted by atomic mass is 10.0. The molecule has 0 saturated heterocycles. The van der Waals surface area contributed by atoms with Crippen molar-refractivity contribution in [1.29, 1.82) is 0 Å². The molecule has 0 saturated carbocycles. The number of nitrogens with zero attached hydrogens (tertiary/aromatic N) is 3. The Kier molecular flexibility index (Phi) is 4.47. The molecule has 1 aromatic rings. The highest BCUT2D eigenvalue weighted by Crippen LogP contribution is 2.24. The second-order valence-electron chi connectivity index (χ2n) is 5.96. The molecule has 3 rings (SSSR count). The van der Waals surface area contributed by atoms with E-state index in [4.69, 9.17) is 0 Å². The highest BCUT2D eigenvalue weighted by atomic mass is 32.2. The van der Waals surface area contributed by atoms with Crippen molar-refractivity contribution in [3.8, 4) is 0 Å². The van der Waals surface area contributed by atoms with Crippen LogP contribution in [0.1, 0.15) is 18.5 Å². The first kappa shape index (κ1) is 17.3. The minimum absolute atomic E-state index is 0.0792. The lowest BCUT2D eigenvalue weighted by Crippen LogP contribution is -2.43. The van der Waals surface area contributed by atoms with Gasteiger partial charge in [0.15, 0.2) is 5.84 Å². The molecule has 2 heterocycles. The molecule has 132 valence electrons. The number of hydrogen-bond donors (Lipinski definition) is 0. The fourth-order valence-electron chi connectivity index (χ4n) is 2.71. The van der Waals surface area contributed by atoms with Crippen molar-refractivity contribution in [1.82, 2.24) is 9.80 Å². The Morgan fingerprint density at radius 1 is 1.32 bits per heavy atom. The van der Waals surface area contributed by atoms with Crippen LogP contribution in [0.2, 0.25) is 0 Å². The Hall–Kier alpha value is -2.48. The fraction of sp³-hybridized carbons (Fsp3) is 0.294. The minimum atomic E-state index is -3.56. The normalized spacial score (nSPS) is 19.6. The summed E-state index contributed by atoms with van der Waals surface area (Å²) in [6.07, 6.45) is 4.96. The van der Waals surface area contributed by atoms with Crippen LogP contribution in [0, 0.1) is 5.82 Å². The summed E-state index contributed by atoms with van der Waals surface area (Å²) >= 11 is 0. The molecule has 6 nitrogen and oxygen atoms in total. The molecule has 0 aliphatic carbocycles. The first-order valence-corrected chi connectivity index (χ1v) is 9.40. The van der Waals surface area contributed by atoms with Crippen molar-refractivity contribution in [2.24, 2.45) is 4.40 Å². The number of halogens is 1. The topological polar surface area (TPSA) is 70.1 Å². The molecule has 1 amide bonds. The largest absolute Gasteiger partial charge is 0.335 e. The molecule has 2 aliphatic rings. The molecular weight excluding hydrogens is 345 g/mol. The predicted molar refractivity (Wildman–Crippen MR) is 92.7 cm³/mol. The Labute approximate surface area is 146 Å². The number of amidine groups is 1. The molecule has 25 heavy (non-hydrogen) atoms. The van der Waals surface area contributed by atoms with E-state index in [-0.39, 0.29) is 41.5 Å². The molecule has 2 aliphatic heterocycles. The molecule has 0 N–H and O–H groups in total. The van der Waals surface area contributed by atoms with Crippen LogP contribution in [0.3, 0.4) is 0 Å². The SMILES string of the molecule is CC(c1ccc(F)cc1)N(C)C(=O)C1=CC=CN2CCS(=O)(=O)N=C12. The quantitative estimate of drug-likeness (QED) is 0.822. The van der Waals surface area contributed by atoms with Gasteiger partial charge in [-0.25, -0.2) is 12.8 Å². The van der Waals surface area contributed by atoms with Gasteiger partial charge in [-0.15, -0.1) is 4.40 Å². The number of amides is 1. The smallest absolute Gasteiger partial charge is 0.257 e.